The van der Waals surface area contributed by atoms with Gasteiger partial charge >= 0.3 is 0 Å². The lowest BCUT2D eigenvalue weighted by molar-refractivity contribution is -0.115. The molecule has 2 amide bonds. The lowest BCUT2D eigenvalue weighted by Gasteiger charge is -2.19. The monoisotopic (exact) mass is 383 g/mol. The van der Waals surface area contributed by atoms with Gasteiger partial charge in [-0.15, -0.1) is 0 Å². The molecular weight excluding hydrogens is 362 g/mol. The molecule has 0 aliphatic carbocycles. The Balaban J connectivity index is 1.56. The number of benzene rings is 2. The van der Waals surface area contributed by atoms with Crippen LogP contribution in [0.5, 0.6) is 17.2 Å². The van der Waals surface area contributed by atoms with E-state index in [2.05, 4.69) is 15.8 Å². The fraction of sp³-hybridized carbons (Fsp3) is 0.250. The Morgan fingerprint density at radius 2 is 1.89 bits per heavy atom. The molecule has 3 rings (SSSR count). The number of fused-ring (bicyclic) bond motifs is 1. The largest absolute Gasteiger partial charge is 0.507 e. The van der Waals surface area contributed by atoms with Crippen LogP contribution in [-0.4, -0.2) is 35.8 Å². The number of amides is 2. The van der Waals surface area contributed by atoms with E-state index in [1.54, 1.807) is 44.2 Å². The van der Waals surface area contributed by atoms with E-state index in [0.717, 1.165) is 0 Å². The summed E-state index contributed by atoms with van der Waals surface area (Å²) in [7, 11) is 0. The molecule has 0 atom stereocenters. The lowest BCUT2D eigenvalue weighted by atomic mass is 10.1. The van der Waals surface area contributed by atoms with Gasteiger partial charge in [0.05, 0.1) is 12.0 Å². The van der Waals surface area contributed by atoms with Crippen LogP contribution >= 0.6 is 0 Å². The maximum atomic E-state index is 12.2. The van der Waals surface area contributed by atoms with E-state index in [0.29, 0.717) is 41.7 Å². The molecule has 0 radical (unpaired) electrons. The Labute approximate surface area is 162 Å². The molecule has 0 spiro atoms. The number of carbonyl (C=O) groups excluding carboxylic acids is 2. The summed E-state index contributed by atoms with van der Waals surface area (Å²) in [4.78, 5) is 24.3. The van der Waals surface area contributed by atoms with E-state index in [1.165, 1.54) is 6.07 Å². The average molecular weight is 383 g/mol. The SMILES string of the molecule is C/C(CC(=O)Nc1ccc2c(c1)OCCO2)=N\NC(=O)c1cccc(C)c1O. The maximum absolute atomic E-state index is 12.2. The number of phenolic OH excluding ortho intramolecular Hbond substituents is 1. The zero-order valence-electron chi connectivity index (χ0n) is 15.6. The van der Waals surface area contributed by atoms with Gasteiger partial charge in [-0.25, -0.2) is 5.43 Å². The third-order valence-electron chi connectivity index (χ3n) is 4.07. The predicted octanol–water partition coefficient (Wildman–Crippen LogP) is 2.61. The van der Waals surface area contributed by atoms with Crippen LogP contribution in [0.15, 0.2) is 41.5 Å². The highest BCUT2D eigenvalue weighted by molar-refractivity contribution is 6.06. The molecular formula is C20H21N3O5. The van der Waals surface area contributed by atoms with Crippen molar-refractivity contribution in [2.75, 3.05) is 18.5 Å². The molecule has 0 unspecified atom stereocenters. The summed E-state index contributed by atoms with van der Waals surface area (Å²) in [6.45, 7) is 4.29. The Kier molecular flexibility index (Phi) is 5.78. The molecule has 0 saturated heterocycles. The van der Waals surface area contributed by atoms with Crippen LogP contribution < -0.4 is 20.2 Å². The number of hydrogen-bond donors (Lipinski definition) is 3. The van der Waals surface area contributed by atoms with E-state index in [1.807, 2.05) is 0 Å². The molecule has 28 heavy (non-hydrogen) atoms. The van der Waals surface area contributed by atoms with Crippen LogP contribution in [0.4, 0.5) is 5.69 Å². The van der Waals surface area contributed by atoms with Gasteiger partial charge in [0.2, 0.25) is 5.91 Å². The number of aromatic hydroxyl groups is 1. The zero-order chi connectivity index (χ0) is 20.1. The third kappa shape index (κ3) is 4.59. The number of phenols is 1. The fourth-order valence-corrected chi connectivity index (χ4v) is 2.65. The Morgan fingerprint density at radius 3 is 2.68 bits per heavy atom. The summed E-state index contributed by atoms with van der Waals surface area (Å²) in [5.41, 5.74) is 4.05. The number of ether oxygens (including phenoxy) is 2. The smallest absolute Gasteiger partial charge is 0.275 e. The number of aryl methyl sites for hydroxylation is 1. The molecule has 0 bridgehead atoms. The number of anilines is 1. The number of rotatable bonds is 5. The lowest BCUT2D eigenvalue weighted by Crippen LogP contribution is -2.22. The van der Waals surface area contributed by atoms with Gasteiger partial charge in [0.25, 0.3) is 5.91 Å². The van der Waals surface area contributed by atoms with Crippen molar-refractivity contribution in [2.45, 2.75) is 20.3 Å². The van der Waals surface area contributed by atoms with Crippen molar-refractivity contribution in [2.24, 2.45) is 5.10 Å². The summed E-state index contributed by atoms with van der Waals surface area (Å²) < 4.78 is 10.9. The minimum absolute atomic E-state index is 0.00544. The normalized spacial score (nSPS) is 13.0. The molecule has 0 saturated carbocycles. The zero-order valence-corrected chi connectivity index (χ0v) is 15.6. The molecule has 0 aromatic heterocycles. The first-order chi connectivity index (χ1) is 13.4. The number of carbonyl (C=O) groups is 2. The van der Waals surface area contributed by atoms with Crippen LogP contribution in [0.3, 0.4) is 0 Å². The van der Waals surface area contributed by atoms with E-state index >= 15 is 0 Å². The van der Waals surface area contributed by atoms with Crippen molar-refractivity contribution in [1.29, 1.82) is 0 Å². The van der Waals surface area contributed by atoms with Gasteiger partial charge in [0, 0.05) is 17.5 Å². The van der Waals surface area contributed by atoms with Crippen molar-refractivity contribution in [3.8, 4) is 17.2 Å². The minimum Gasteiger partial charge on any atom is -0.507 e. The summed E-state index contributed by atoms with van der Waals surface area (Å²) in [5.74, 6) is 0.298. The maximum Gasteiger partial charge on any atom is 0.275 e. The predicted molar refractivity (Wildman–Crippen MR) is 104 cm³/mol. The van der Waals surface area contributed by atoms with Crippen molar-refractivity contribution >= 4 is 23.2 Å². The molecule has 8 heteroatoms. The number of hydrazone groups is 1. The van der Waals surface area contributed by atoms with Gasteiger partial charge in [-0.3, -0.25) is 9.59 Å². The summed E-state index contributed by atoms with van der Waals surface area (Å²) in [6, 6.07) is 10.0. The molecule has 1 aliphatic rings. The van der Waals surface area contributed by atoms with Gasteiger partial charge in [-0.05, 0) is 37.6 Å². The van der Waals surface area contributed by atoms with Crippen LogP contribution in [0, 0.1) is 6.92 Å². The van der Waals surface area contributed by atoms with Gasteiger partial charge in [0.1, 0.15) is 19.0 Å². The first-order valence-electron chi connectivity index (χ1n) is 8.75. The molecule has 0 fully saturated rings. The van der Waals surface area contributed by atoms with Gasteiger partial charge < -0.3 is 19.9 Å². The Hall–Kier alpha value is -3.55. The second-order valence-electron chi connectivity index (χ2n) is 6.34. The summed E-state index contributed by atoms with van der Waals surface area (Å²) >= 11 is 0. The first kappa shape index (κ1) is 19.2. The Bertz CT molecular complexity index is 939. The average Bonchev–Trinajstić information content (AvgIpc) is 2.68. The summed E-state index contributed by atoms with van der Waals surface area (Å²) in [5, 5.41) is 16.6. The third-order valence-corrected chi connectivity index (χ3v) is 4.07. The van der Waals surface area contributed by atoms with Crippen molar-refractivity contribution in [3.05, 3.63) is 47.5 Å². The minimum atomic E-state index is -0.548. The van der Waals surface area contributed by atoms with Crippen LogP contribution in [0.25, 0.3) is 0 Å². The van der Waals surface area contributed by atoms with Crippen LogP contribution in [0.1, 0.15) is 29.3 Å². The number of nitrogens with one attached hydrogen (secondary N) is 2. The molecule has 146 valence electrons. The molecule has 8 nitrogen and oxygen atoms in total. The number of hydrogen-bond acceptors (Lipinski definition) is 6. The highest BCUT2D eigenvalue weighted by atomic mass is 16.6. The van der Waals surface area contributed by atoms with Gasteiger partial charge in [-0.2, -0.15) is 5.10 Å². The molecule has 1 heterocycles. The first-order valence-corrected chi connectivity index (χ1v) is 8.75. The number of para-hydroxylation sites is 1. The highest BCUT2D eigenvalue weighted by Gasteiger charge is 2.14. The van der Waals surface area contributed by atoms with Crippen molar-refractivity contribution in [3.63, 3.8) is 0 Å². The van der Waals surface area contributed by atoms with Crippen molar-refractivity contribution in [1.82, 2.24) is 5.43 Å². The van der Waals surface area contributed by atoms with Gasteiger partial charge in [0.15, 0.2) is 11.5 Å². The summed E-state index contributed by atoms with van der Waals surface area (Å²) in [6.07, 6.45) is -0.00544. The molecule has 2 aromatic rings. The molecule has 3 N–H and O–H groups in total. The van der Waals surface area contributed by atoms with Gasteiger partial charge in [-0.1, -0.05) is 12.1 Å². The van der Waals surface area contributed by atoms with E-state index in [9.17, 15) is 14.7 Å². The van der Waals surface area contributed by atoms with E-state index in [4.69, 9.17) is 9.47 Å². The van der Waals surface area contributed by atoms with Crippen molar-refractivity contribution < 1.29 is 24.2 Å². The standard InChI is InChI=1S/C20H21N3O5/c1-12-4-3-5-15(19(12)25)20(26)23-22-13(2)10-18(24)21-14-6-7-16-17(11-14)28-9-8-27-16/h3-7,11,25H,8-10H2,1-2H3,(H,21,24)(H,23,26)/b22-13+. The fourth-order valence-electron chi connectivity index (χ4n) is 2.65. The Morgan fingerprint density at radius 1 is 1.14 bits per heavy atom. The second-order valence-corrected chi connectivity index (χ2v) is 6.34. The second kappa shape index (κ2) is 8.43. The van der Waals surface area contributed by atoms with Crippen LogP contribution in [0.2, 0.25) is 0 Å². The van der Waals surface area contributed by atoms with E-state index in [-0.39, 0.29) is 23.6 Å². The molecule has 2 aromatic carbocycles. The quantitative estimate of drug-likeness (QED) is 0.543. The van der Waals surface area contributed by atoms with Crippen LogP contribution in [-0.2, 0) is 4.79 Å². The number of nitrogens with zero attached hydrogens (tertiary/aromatic N) is 1. The topological polar surface area (TPSA) is 109 Å². The molecule has 1 aliphatic heterocycles. The highest BCUT2D eigenvalue weighted by Crippen LogP contribution is 2.32. The van der Waals surface area contributed by atoms with E-state index < -0.39 is 5.91 Å².